The van der Waals surface area contributed by atoms with Crippen molar-refractivity contribution in [2.45, 2.75) is 18.9 Å². The van der Waals surface area contributed by atoms with E-state index in [0.29, 0.717) is 23.9 Å². The molecule has 1 fully saturated rings. The van der Waals surface area contributed by atoms with Gasteiger partial charge in [-0.2, -0.15) is 0 Å². The Balaban J connectivity index is 1.46. The van der Waals surface area contributed by atoms with Gasteiger partial charge in [0, 0.05) is 18.7 Å². The van der Waals surface area contributed by atoms with Gasteiger partial charge in [0.25, 0.3) is 5.69 Å². The summed E-state index contributed by atoms with van der Waals surface area (Å²) < 4.78 is 0. The van der Waals surface area contributed by atoms with Crippen LogP contribution in [0.1, 0.15) is 24.5 Å². The van der Waals surface area contributed by atoms with Gasteiger partial charge in [0.1, 0.15) is 0 Å². The largest absolute Gasteiger partial charge is 0.387 e. The van der Waals surface area contributed by atoms with E-state index in [1.165, 1.54) is 25.0 Å². The van der Waals surface area contributed by atoms with Crippen LogP contribution in [0.5, 0.6) is 0 Å². The molecule has 4 atom stereocenters. The second-order valence-corrected chi connectivity index (χ2v) is 6.06. The number of nitro benzene ring substituents is 1. The second kappa shape index (κ2) is 5.95. The third-order valence-corrected chi connectivity index (χ3v) is 4.65. The molecule has 0 saturated heterocycles. The maximum absolute atomic E-state index is 10.6. The molecule has 0 radical (unpaired) electrons. The molecule has 0 unspecified atom stereocenters. The summed E-state index contributed by atoms with van der Waals surface area (Å²) in [6, 6.07) is 6.09. The third-order valence-electron chi connectivity index (χ3n) is 4.65. The molecule has 2 bridgehead atoms. The molecular weight excluding hydrogens is 268 g/mol. The third kappa shape index (κ3) is 3.14. The summed E-state index contributed by atoms with van der Waals surface area (Å²) in [4.78, 5) is 10.2. The Hall–Kier alpha value is -1.72. The molecule has 2 aliphatic carbocycles. The van der Waals surface area contributed by atoms with Crippen molar-refractivity contribution in [3.8, 4) is 0 Å². The Kier molecular flexibility index (Phi) is 4.03. The highest BCUT2D eigenvalue weighted by molar-refractivity contribution is 5.33. The number of fused-ring (bicyclic) bond motifs is 2. The average molecular weight is 288 g/mol. The van der Waals surface area contributed by atoms with E-state index in [0.717, 1.165) is 12.5 Å². The number of nitro groups is 1. The Morgan fingerprint density at radius 1 is 1.29 bits per heavy atom. The van der Waals surface area contributed by atoms with E-state index >= 15 is 0 Å². The molecule has 0 amide bonds. The molecule has 21 heavy (non-hydrogen) atoms. The number of benzene rings is 1. The van der Waals surface area contributed by atoms with E-state index in [-0.39, 0.29) is 5.69 Å². The Morgan fingerprint density at radius 3 is 2.62 bits per heavy atom. The first-order valence-corrected chi connectivity index (χ1v) is 7.45. The minimum Gasteiger partial charge on any atom is -0.387 e. The van der Waals surface area contributed by atoms with Crippen LogP contribution in [0.15, 0.2) is 36.4 Å². The number of hydrogen-bond donors (Lipinski definition) is 2. The summed E-state index contributed by atoms with van der Waals surface area (Å²) in [5, 5.41) is 24.0. The minimum atomic E-state index is -0.625. The van der Waals surface area contributed by atoms with Gasteiger partial charge in [-0.1, -0.05) is 12.2 Å². The Bertz CT molecular complexity index is 541. The molecule has 112 valence electrons. The van der Waals surface area contributed by atoms with Crippen molar-refractivity contribution >= 4 is 5.69 Å². The highest BCUT2D eigenvalue weighted by Crippen LogP contribution is 2.42. The first-order valence-electron chi connectivity index (χ1n) is 7.45. The summed E-state index contributed by atoms with van der Waals surface area (Å²) in [6.45, 7) is 1.41. The number of aliphatic hydroxyl groups excluding tert-OH is 1. The second-order valence-electron chi connectivity index (χ2n) is 6.06. The van der Waals surface area contributed by atoms with Gasteiger partial charge < -0.3 is 10.4 Å². The molecule has 5 heteroatoms. The lowest BCUT2D eigenvalue weighted by Crippen LogP contribution is -2.29. The summed E-state index contributed by atoms with van der Waals surface area (Å²) in [5.74, 6) is 2.16. The predicted octanol–water partition coefficient (Wildman–Crippen LogP) is 2.43. The SMILES string of the molecule is O=[N+]([O-])c1ccc([C@@H](O)CNC[C@H]2C[C@H]3C=C[C@H]2C3)cc1. The Labute approximate surface area is 123 Å². The summed E-state index contributed by atoms with van der Waals surface area (Å²) in [7, 11) is 0. The topological polar surface area (TPSA) is 75.4 Å². The molecule has 1 aromatic rings. The van der Waals surface area contributed by atoms with Crippen LogP contribution in [0, 0.1) is 27.9 Å². The van der Waals surface area contributed by atoms with Crippen molar-refractivity contribution in [1.82, 2.24) is 5.32 Å². The standard InChI is InChI=1S/C16H20N2O3/c19-16(12-3-5-15(6-4-12)18(20)21)10-17-9-14-8-11-1-2-13(14)7-11/h1-6,11,13-14,16-17,19H,7-10H2/t11-,13-,14+,16-/m0/s1. The van der Waals surface area contributed by atoms with Crippen LogP contribution < -0.4 is 5.32 Å². The lowest BCUT2D eigenvalue weighted by Gasteiger charge is -2.20. The fraction of sp³-hybridized carbons (Fsp3) is 0.500. The van der Waals surface area contributed by atoms with Crippen LogP contribution in [-0.2, 0) is 0 Å². The quantitative estimate of drug-likeness (QED) is 0.479. The molecule has 5 nitrogen and oxygen atoms in total. The maximum atomic E-state index is 10.6. The fourth-order valence-corrected chi connectivity index (χ4v) is 3.47. The smallest absolute Gasteiger partial charge is 0.269 e. The number of allylic oxidation sites excluding steroid dienone is 2. The number of hydrogen-bond acceptors (Lipinski definition) is 4. The van der Waals surface area contributed by atoms with Crippen molar-refractivity contribution in [1.29, 1.82) is 0 Å². The van der Waals surface area contributed by atoms with Crippen LogP contribution >= 0.6 is 0 Å². The normalized spacial score (nSPS) is 28.0. The van der Waals surface area contributed by atoms with E-state index in [1.807, 2.05) is 0 Å². The van der Waals surface area contributed by atoms with Crippen LogP contribution in [-0.4, -0.2) is 23.1 Å². The zero-order valence-corrected chi connectivity index (χ0v) is 11.8. The van der Waals surface area contributed by atoms with Crippen molar-refractivity contribution in [2.24, 2.45) is 17.8 Å². The summed E-state index contributed by atoms with van der Waals surface area (Å²) in [5.41, 5.74) is 0.758. The predicted molar refractivity (Wildman–Crippen MR) is 79.8 cm³/mol. The van der Waals surface area contributed by atoms with E-state index in [2.05, 4.69) is 17.5 Å². The molecule has 0 aromatic heterocycles. The van der Waals surface area contributed by atoms with Crippen LogP contribution in [0.25, 0.3) is 0 Å². The van der Waals surface area contributed by atoms with Gasteiger partial charge in [-0.3, -0.25) is 10.1 Å². The first kappa shape index (κ1) is 14.2. The number of rotatable bonds is 6. The highest BCUT2D eigenvalue weighted by atomic mass is 16.6. The molecular formula is C16H20N2O3. The fourth-order valence-electron chi connectivity index (χ4n) is 3.47. The van der Waals surface area contributed by atoms with Gasteiger partial charge >= 0.3 is 0 Å². The lowest BCUT2D eigenvalue weighted by atomic mass is 9.93. The van der Waals surface area contributed by atoms with Crippen LogP contribution in [0.2, 0.25) is 0 Å². The van der Waals surface area contributed by atoms with E-state index < -0.39 is 11.0 Å². The molecule has 3 rings (SSSR count). The minimum absolute atomic E-state index is 0.0488. The molecule has 0 spiro atoms. The van der Waals surface area contributed by atoms with Gasteiger partial charge in [-0.25, -0.2) is 0 Å². The van der Waals surface area contributed by atoms with Crippen molar-refractivity contribution < 1.29 is 10.0 Å². The first-order chi connectivity index (χ1) is 10.1. The number of aliphatic hydroxyl groups is 1. The molecule has 2 aliphatic rings. The molecule has 0 aliphatic heterocycles. The zero-order chi connectivity index (χ0) is 14.8. The Morgan fingerprint density at radius 2 is 2.05 bits per heavy atom. The van der Waals surface area contributed by atoms with Crippen molar-refractivity contribution in [2.75, 3.05) is 13.1 Å². The molecule has 2 N–H and O–H groups in total. The van der Waals surface area contributed by atoms with Gasteiger partial charge in [-0.05, 0) is 54.8 Å². The molecule has 1 aromatic carbocycles. The molecule has 1 saturated carbocycles. The van der Waals surface area contributed by atoms with Crippen LogP contribution in [0.4, 0.5) is 5.69 Å². The number of nitrogens with one attached hydrogen (secondary N) is 1. The summed E-state index contributed by atoms with van der Waals surface area (Å²) >= 11 is 0. The van der Waals surface area contributed by atoms with Gasteiger partial charge in [0.2, 0.25) is 0 Å². The van der Waals surface area contributed by atoms with Gasteiger partial charge in [-0.15, -0.1) is 0 Å². The monoisotopic (exact) mass is 288 g/mol. The number of nitrogens with zero attached hydrogens (tertiary/aromatic N) is 1. The van der Waals surface area contributed by atoms with Crippen LogP contribution in [0.3, 0.4) is 0 Å². The van der Waals surface area contributed by atoms with E-state index in [9.17, 15) is 15.2 Å². The number of non-ortho nitro benzene ring substituents is 1. The van der Waals surface area contributed by atoms with Gasteiger partial charge in [0.15, 0.2) is 0 Å². The van der Waals surface area contributed by atoms with E-state index in [4.69, 9.17) is 0 Å². The van der Waals surface area contributed by atoms with Crippen molar-refractivity contribution in [3.05, 3.63) is 52.1 Å². The highest BCUT2D eigenvalue weighted by Gasteiger charge is 2.35. The lowest BCUT2D eigenvalue weighted by molar-refractivity contribution is -0.384. The van der Waals surface area contributed by atoms with Crippen molar-refractivity contribution in [3.63, 3.8) is 0 Å². The summed E-state index contributed by atoms with van der Waals surface area (Å²) in [6.07, 6.45) is 6.57. The maximum Gasteiger partial charge on any atom is 0.269 e. The zero-order valence-electron chi connectivity index (χ0n) is 11.8. The van der Waals surface area contributed by atoms with Gasteiger partial charge in [0.05, 0.1) is 11.0 Å². The van der Waals surface area contributed by atoms with E-state index in [1.54, 1.807) is 12.1 Å². The average Bonchev–Trinajstić information content (AvgIpc) is 3.10. The molecule has 0 heterocycles.